The molecule has 0 fully saturated rings. The fourth-order valence-corrected chi connectivity index (χ4v) is 1.59. The maximum absolute atomic E-state index is 10.2. The van der Waals surface area contributed by atoms with Crippen molar-refractivity contribution in [3.8, 4) is 0 Å². The first kappa shape index (κ1) is 16.9. The Hall–Kier alpha value is -1.10. The number of ether oxygens (including phenoxy) is 1. The van der Waals surface area contributed by atoms with Crippen LogP contribution in [0.25, 0.3) is 0 Å². The van der Waals surface area contributed by atoms with Crippen molar-refractivity contribution in [2.75, 3.05) is 13.2 Å². The summed E-state index contributed by atoms with van der Waals surface area (Å²) in [5.74, 6) is -1.48. The predicted octanol–water partition coefficient (Wildman–Crippen LogP) is 2.68. The molecule has 106 valence electrons. The molecule has 0 heterocycles. The molecular formula is C13H24O5. The van der Waals surface area contributed by atoms with Crippen LogP contribution in [0.5, 0.6) is 0 Å². The van der Waals surface area contributed by atoms with Crippen molar-refractivity contribution in [2.24, 2.45) is 0 Å². The van der Waals surface area contributed by atoms with E-state index >= 15 is 0 Å². The SMILES string of the molecule is O=C(O)CCCCCCCOCCCCC(=O)O. The summed E-state index contributed by atoms with van der Waals surface area (Å²) in [7, 11) is 0. The lowest BCUT2D eigenvalue weighted by atomic mass is 10.1. The van der Waals surface area contributed by atoms with Crippen LogP contribution in [0.3, 0.4) is 0 Å². The van der Waals surface area contributed by atoms with Crippen LogP contribution in [-0.4, -0.2) is 35.4 Å². The quantitative estimate of drug-likeness (QED) is 0.497. The van der Waals surface area contributed by atoms with Crippen LogP contribution in [0.2, 0.25) is 0 Å². The fraction of sp³-hybridized carbons (Fsp3) is 0.846. The number of hydrogen-bond donors (Lipinski definition) is 2. The Morgan fingerprint density at radius 3 is 1.61 bits per heavy atom. The number of carboxylic acids is 2. The Bertz CT molecular complexity index is 203. The Morgan fingerprint density at radius 2 is 1.06 bits per heavy atom. The zero-order chi connectivity index (χ0) is 13.6. The zero-order valence-corrected chi connectivity index (χ0v) is 10.9. The van der Waals surface area contributed by atoms with E-state index in [2.05, 4.69) is 0 Å². The van der Waals surface area contributed by atoms with Crippen molar-refractivity contribution in [1.82, 2.24) is 0 Å². The van der Waals surface area contributed by atoms with Gasteiger partial charge in [-0.05, 0) is 25.7 Å². The first-order valence-corrected chi connectivity index (χ1v) is 6.64. The molecule has 0 saturated carbocycles. The normalized spacial score (nSPS) is 10.4. The lowest BCUT2D eigenvalue weighted by Gasteiger charge is -2.03. The molecule has 0 amide bonds. The highest BCUT2D eigenvalue weighted by molar-refractivity contribution is 5.66. The summed E-state index contributed by atoms with van der Waals surface area (Å²) in [6, 6.07) is 0. The van der Waals surface area contributed by atoms with Crippen molar-refractivity contribution >= 4 is 11.9 Å². The lowest BCUT2D eigenvalue weighted by Crippen LogP contribution is -2.00. The third kappa shape index (κ3) is 14.9. The van der Waals surface area contributed by atoms with Crippen molar-refractivity contribution < 1.29 is 24.5 Å². The van der Waals surface area contributed by atoms with Crippen LogP contribution in [0.1, 0.15) is 57.8 Å². The molecule has 0 rings (SSSR count). The number of aliphatic carboxylic acids is 2. The van der Waals surface area contributed by atoms with Crippen LogP contribution in [0, 0.1) is 0 Å². The summed E-state index contributed by atoms with van der Waals surface area (Å²) in [5, 5.41) is 16.8. The van der Waals surface area contributed by atoms with E-state index < -0.39 is 11.9 Å². The van der Waals surface area contributed by atoms with Gasteiger partial charge in [0, 0.05) is 26.1 Å². The molecule has 18 heavy (non-hydrogen) atoms. The zero-order valence-electron chi connectivity index (χ0n) is 10.9. The van der Waals surface area contributed by atoms with Crippen molar-refractivity contribution in [3.63, 3.8) is 0 Å². The van der Waals surface area contributed by atoms with E-state index in [0.717, 1.165) is 38.5 Å². The Kier molecular flexibility index (Phi) is 11.6. The average molecular weight is 260 g/mol. The molecule has 0 saturated heterocycles. The molecule has 0 atom stereocenters. The number of rotatable bonds is 13. The van der Waals surface area contributed by atoms with Crippen LogP contribution in [-0.2, 0) is 14.3 Å². The van der Waals surface area contributed by atoms with E-state index in [4.69, 9.17) is 14.9 Å². The summed E-state index contributed by atoms with van der Waals surface area (Å²) in [6.45, 7) is 1.35. The molecule has 0 unspecified atom stereocenters. The Balaban J connectivity index is 2.99. The van der Waals surface area contributed by atoms with E-state index in [1.165, 1.54) is 0 Å². The van der Waals surface area contributed by atoms with Gasteiger partial charge in [-0.1, -0.05) is 19.3 Å². The summed E-state index contributed by atoms with van der Waals surface area (Å²) in [6.07, 6.45) is 6.77. The third-order valence-electron chi connectivity index (χ3n) is 2.61. The minimum atomic E-state index is -0.753. The Morgan fingerprint density at radius 1 is 0.667 bits per heavy atom. The van der Waals surface area contributed by atoms with Gasteiger partial charge in [-0.15, -0.1) is 0 Å². The van der Waals surface area contributed by atoms with Crippen LogP contribution in [0.15, 0.2) is 0 Å². The van der Waals surface area contributed by atoms with Crippen LogP contribution in [0.4, 0.5) is 0 Å². The van der Waals surface area contributed by atoms with Gasteiger partial charge in [-0.3, -0.25) is 9.59 Å². The molecule has 0 spiro atoms. The Labute approximate surface area is 108 Å². The van der Waals surface area contributed by atoms with Gasteiger partial charge in [0.15, 0.2) is 0 Å². The molecule has 0 aromatic heterocycles. The van der Waals surface area contributed by atoms with Gasteiger partial charge in [0.2, 0.25) is 0 Å². The van der Waals surface area contributed by atoms with Crippen molar-refractivity contribution in [3.05, 3.63) is 0 Å². The number of carboxylic acid groups (broad SMARTS) is 2. The lowest BCUT2D eigenvalue weighted by molar-refractivity contribution is -0.138. The molecule has 2 N–H and O–H groups in total. The minimum Gasteiger partial charge on any atom is -0.481 e. The van der Waals surface area contributed by atoms with Gasteiger partial charge in [-0.2, -0.15) is 0 Å². The molecule has 0 aliphatic heterocycles. The highest BCUT2D eigenvalue weighted by atomic mass is 16.5. The molecule has 0 aliphatic rings. The second-order valence-electron chi connectivity index (χ2n) is 4.37. The van der Waals surface area contributed by atoms with E-state index in [1.54, 1.807) is 0 Å². The number of hydrogen-bond acceptors (Lipinski definition) is 3. The number of unbranched alkanes of at least 4 members (excludes halogenated alkanes) is 5. The molecule has 0 aromatic carbocycles. The van der Waals surface area contributed by atoms with E-state index in [9.17, 15) is 9.59 Å². The second kappa shape index (κ2) is 12.4. The van der Waals surface area contributed by atoms with Gasteiger partial charge >= 0.3 is 11.9 Å². The number of carbonyl (C=O) groups is 2. The van der Waals surface area contributed by atoms with Gasteiger partial charge in [0.05, 0.1) is 0 Å². The highest BCUT2D eigenvalue weighted by Crippen LogP contribution is 2.05. The van der Waals surface area contributed by atoms with Gasteiger partial charge in [0.25, 0.3) is 0 Å². The third-order valence-corrected chi connectivity index (χ3v) is 2.61. The van der Waals surface area contributed by atoms with Crippen LogP contribution < -0.4 is 0 Å². The molecular weight excluding hydrogens is 236 g/mol. The maximum atomic E-state index is 10.2. The smallest absolute Gasteiger partial charge is 0.303 e. The monoisotopic (exact) mass is 260 g/mol. The van der Waals surface area contributed by atoms with Gasteiger partial charge in [-0.25, -0.2) is 0 Å². The first-order chi connectivity index (χ1) is 8.63. The summed E-state index contributed by atoms with van der Waals surface area (Å²) < 4.78 is 5.37. The predicted molar refractivity (Wildman–Crippen MR) is 67.6 cm³/mol. The topological polar surface area (TPSA) is 83.8 Å². The van der Waals surface area contributed by atoms with Crippen LogP contribution >= 0.6 is 0 Å². The van der Waals surface area contributed by atoms with Crippen molar-refractivity contribution in [1.29, 1.82) is 0 Å². The molecule has 5 nitrogen and oxygen atoms in total. The fourth-order valence-electron chi connectivity index (χ4n) is 1.59. The summed E-state index contributed by atoms with van der Waals surface area (Å²) in [4.78, 5) is 20.5. The van der Waals surface area contributed by atoms with Gasteiger partial charge in [0.1, 0.15) is 0 Å². The second-order valence-corrected chi connectivity index (χ2v) is 4.37. The minimum absolute atomic E-state index is 0.215. The first-order valence-electron chi connectivity index (χ1n) is 6.64. The van der Waals surface area contributed by atoms with Gasteiger partial charge < -0.3 is 14.9 Å². The largest absolute Gasteiger partial charge is 0.481 e. The highest BCUT2D eigenvalue weighted by Gasteiger charge is 1.97. The molecule has 5 heteroatoms. The molecule has 0 aromatic rings. The van der Waals surface area contributed by atoms with E-state index in [0.29, 0.717) is 19.6 Å². The molecule has 0 bridgehead atoms. The summed E-state index contributed by atoms with van der Waals surface area (Å²) >= 11 is 0. The summed E-state index contributed by atoms with van der Waals surface area (Å²) in [5.41, 5.74) is 0. The molecule has 0 aliphatic carbocycles. The van der Waals surface area contributed by atoms with Crippen molar-refractivity contribution in [2.45, 2.75) is 57.8 Å². The average Bonchev–Trinajstić information content (AvgIpc) is 2.29. The van der Waals surface area contributed by atoms with E-state index in [-0.39, 0.29) is 12.8 Å². The standard InChI is InChI=1S/C13H24O5/c14-12(15)8-4-2-1-3-6-10-18-11-7-5-9-13(16)17/h1-11H2,(H,14,15)(H,16,17). The van der Waals surface area contributed by atoms with E-state index in [1.807, 2.05) is 0 Å². The molecule has 0 radical (unpaired) electrons. The maximum Gasteiger partial charge on any atom is 0.303 e.